The van der Waals surface area contributed by atoms with Crippen LogP contribution in [0.2, 0.25) is 5.02 Å². The fourth-order valence-electron chi connectivity index (χ4n) is 3.53. The molecule has 11 heteroatoms. The van der Waals surface area contributed by atoms with Gasteiger partial charge in [0, 0.05) is 25.2 Å². The highest BCUT2D eigenvalue weighted by atomic mass is 35.5. The Labute approximate surface area is 207 Å². The number of likely N-dealkylation sites (N-methyl/N-ethyl adjacent to an activating group) is 1. The topological polar surface area (TPSA) is 114 Å². The van der Waals surface area contributed by atoms with Gasteiger partial charge in [-0.15, -0.1) is 0 Å². The zero-order valence-electron chi connectivity index (χ0n) is 18.6. The molecular formula is C24H22ClN3O6S. The standard InChI is InChI=1S/C24H22ClN3O6S/c1-28(17-11-12-20-21(14-17)34-15-33-20)23(29)19(13-16-7-3-2-4-8-16)26-24(30)27-35(31,32)22-10-6-5-9-18(22)25/h2-12,14,19H,13,15H2,1H3,(H2,26,27,30)/t19-/m0/s1. The van der Waals surface area contributed by atoms with Gasteiger partial charge in [0.1, 0.15) is 10.9 Å². The number of benzene rings is 3. The van der Waals surface area contributed by atoms with E-state index in [1.165, 1.54) is 23.1 Å². The predicted octanol–water partition coefficient (Wildman–Crippen LogP) is 3.33. The number of halogens is 1. The van der Waals surface area contributed by atoms with Crippen LogP contribution in [0.4, 0.5) is 10.5 Å². The maximum absolute atomic E-state index is 13.4. The Bertz CT molecular complexity index is 1350. The highest BCUT2D eigenvalue weighted by Gasteiger charge is 2.28. The third kappa shape index (κ3) is 5.67. The summed E-state index contributed by atoms with van der Waals surface area (Å²) >= 11 is 5.97. The van der Waals surface area contributed by atoms with Crippen LogP contribution >= 0.6 is 11.6 Å². The summed E-state index contributed by atoms with van der Waals surface area (Å²) in [5.41, 5.74) is 1.29. The predicted molar refractivity (Wildman–Crippen MR) is 130 cm³/mol. The molecule has 1 atom stereocenters. The molecule has 0 spiro atoms. The Morgan fingerprint density at radius 2 is 1.69 bits per heavy atom. The number of sulfonamides is 1. The summed E-state index contributed by atoms with van der Waals surface area (Å²) in [4.78, 5) is 27.2. The average Bonchev–Trinajstić information content (AvgIpc) is 3.31. The van der Waals surface area contributed by atoms with Gasteiger partial charge in [-0.05, 0) is 29.8 Å². The second-order valence-electron chi connectivity index (χ2n) is 7.69. The SMILES string of the molecule is CN(C(=O)[C@H](Cc1ccccc1)NC(=O)NS(=O)(=O)c1ccccc1Cl)c1ccc2c(c1)OCO2. The number of hydrogen-bond donors (Lipinski definition) is 2. The van der Waals surface area contributed by atoms with E-state index in [4.69, 9.17) is 21.1 Å². The first-order valence-corrected chi connectivity index (χ1v) is 12.4. The van der Waals surface area contributed by atoms with E-state index in [-0.39, 0.29) is 23.1 Å². The van der Waals surface area contributed by atoms with Gasteiger partial charge >= 0.3 is 6.03 Å². The monoisotopic (exact) mass is 515 g/mol. The van der Waals surface area contributed by atoms with E-state index in [2.05, 4.69) is 5.32 Å². The maximum Gasteiger partial charge on any atom is 0.329 e. The first-order chi connectivity index (χ1) is 16.7. The number of hydrogen-bond acceptors (Lipinski definition) is 6. The summed E-state index contributed by atoms with van der Waals surface area (Å²) in [5, 5.41) is 2.46. The number of amides is 3. The van der Waals surface area contributed by atoms with Crippen molar-refractivity contribution in [2.75, 3.05) is 18.7 Å². The van der Waals surface area contributed by atoms with Gasteiger partial charge in [-0.2, -0.15) is 0 Å². The van der Waals surface area contributed by atoms with Crippen molar-refractivity contribution >= 4 is 39.2 Å². The van der Waals surface area contributed by atoms with E-state index < -0.39 is 28.0 Å². The van der Waals surface area contributed by atoms with Crippen LogP contribution in [-0.4, -0.2) is 40.2 Å². The lowest BCUT2D eigenvalue weighted by molar-refractivity contribution is -0.120. The molecule has 0 saturated heterocycles. The molecule has 35 heavy (non-hydrogen) atoms. The Kier molecular flexibility index (Phi) is 7.13. The van der Waals surface area contributed by atoms with E-state index in [1.807, 2.05) is 10.8 Å². The molecule has 0 fully saturated rings. The normalized spacial score (nSPS) is 13.1. The van der Waals surface area contributed by atoms with Crippen molar-refractivity contribution in [3.63, 3.8) is 0 Å². The summed E-state index contributed by atoms with van der Waals surface area (Å²) in [6.45, 7) is 0.0920. The minimum atomic E-state index is -4.26. The van der Waals surface area contributed by atoms with E-state index in [0.717, 1.165) is 5.56 Å². The number of rotatable bonds is 7. The molecule has 1 aliphatic rings. The first-order valence-electron chi connectivity index (χ1n) is 10.5. The van der Waals surface area contributed by atoms with Gasteiger partial charge in [0.25, 0.3) is 10.0 Å². The molecular weight excluding hydrogens is 494 g/mol. The highest BCUT2D eigenvalue weighted by molar-refractivity contribution is 7.90. The Balaban J connectivity index is 1.55. The fraction of sp³-hybridized carbons (Fsp3) is 0.167. The van der Waals surface area contributed by atoms with Crippen molar-refractivity contribution in [2.24, 2.45) is 0 Å². The molecule has 0 saturated carbocycles. The van der Waals surface area contributed by atoms with Gasteiger partial charge in [0.05, 0.1) is 5.02 Å². The minimum absolute atomic E-state index is 0.0350. The minimum Gasteiger partial charge on any atom is -0.454 e. The van der Waals surface area contributed by atoms with Crippen molar-refractivity contribution in [3.8, 4) is 11.5 Å². The van der Waals surface area contributed by atoms with Crippen LogP contribution in [0.1, 0.15) is 5.56 Å². The Hall–Kier alpha value is -3.76. The lowest BCUT2D eigenvalue weighted by atomic mass is 10.0. The van der Waals surface area contributed by atoms with Crippen LogP contribution in [-0.2, 0) is 21.2 Å². The lowest BCUT2D eigenvalue weighted by Crippen LogP contribution is -2.52. The molecule has 3 aromatic carbocycles. The van der Waals surface area contributed by atoms with E-state index in [9.17, 15) is 18.0 Å². The van der Waals surface area contributed by atoms with Crippen LogP contribution in [0.25, 0.3) is 0 Å². The van der Waals surface area contributed by atoms with Crippen LogP contribution in [0, 0.1) is 0 Å². The smallest absolute Gasteiger partial charge is 0.329 e. The summed E-state index contributed by atoms with van der Waals surface area (Å²) in [7, 11) is -2.71. The van der Waals surface area contributed by atoms with Crippen molar-refractivity contribution < 1.29 is 27.5 Å². The molecule has 0 aromatic heterocycles. The summed E-state index contributed by atoms with van der Waals surface area (Å²) < 4.78 is 37.9. The fourth-order valence-corrected chi connectivity index (χ4v) is 4.97. The van der Waals surface area contributed by atoms with Crippen molar-refractivity contribution in [1.82, 2.24) is 10.0 Å². The van der Waals surface area contributed by atoms with Gasteiger partial charge in [0.15, 0.2) is 11.5 Å². The average molecular weight is 516 g/mol. The van der Waals surface area contributed by atoms with Crippen LogP contribution in [0.3, 0.4) is 0 Å². The highest BCUT2D eigenvalue weighted by Crippen LogP contribution is 2.35. The summed E-state index contributed by atoms with van der Waals surface area (Å²) in [5.74, 6) is 0.606. The largest absolute Gasteiger partial charge is 0.454 e. The van der Waals surface area contributed by atoms with Gasteiger partial charge in [-0.3, -0.25) is 4.79 Å². The number of fused-ring (bicyclic) bond motifs is 1. The summed E-state index contributed by atoms with van der Waals surface area (Å²) in [6.07, 6.45) is 0.133. The molecule has 0 bridgehead atoms. The number of nitrogens with zero attached hydrogens (tertiary/aromatic N) is 1. The van der Waals surface area contributed by atoms with E-state index in [1.54, 1.807) is 55.6 Å². The first kappa shape index (κ1) is 24.4. The second kappa shape index (κ2) is 10.2. The molecule has 1 heterocycles. The third-order valence-electron chi connectivity index (χ3n) is 5.31. The van der Waals surface area contributed by atoms with Crippen LogP contribution in [0.15, 0.2) is 77.7 Å². The number of carbonyl (C=O) groups excluding carboxylic acids is 2. The van der Waals surface area contributed by atoms with Gasteiger partial charge in [-0.25, -0.2) is 17.9 Å². The maximum atomic E-state index is 13.4. The second-order valence-corrected chi connectivity index (χ2v) is 9.74. The summed E-state index contributed by atoms with van der Waals surface area (Å²) in [6, 6.07) is 17.7. The van der Waals surface area contributed by atoms with Crippen molar-refractivity contribution in [1.29, 1.82) is 0 Å². The van der Waals surface area contributed by atoms with E-state index in [0.29, 0.717) is 17.2 Å². The molecule has 4 rings (SSSR count). The lowest BCUT2D eigenvalue weighted by Gasteiger charge is -2.25. The number of urea groups is 1. The van der Waals surface area contributed by atoms with Crippen molar-refractivity contribution in [3.05, 3.63) is 83.4 Å². The Morgan fingerprint density at radius 1 is 1.00 bits per heavy atom. The quantitative estimate of drug-likeness (QED) is 0.499. The van der Waals surface area contributed by atoms with Crippen LogP contribution in [0.5, 0.6) is 11.5 Å². The number of carbonyl (C=O) groups is 2. The van der Waals surface area contributed by atoms with E-state index >= 15 is 0 Å². The molecule has 3 aromatic rings. The van der Waals surface area contributed by atoms with Gasteiger partial charge in [0.2, 0.25) is 12.7 Å². The zero-order chi connectivity index (χ0) is 25.0. The molecule has 3 amide bonds. The molecule has 9 nitrogen and oxygen atoms in total. The van der Waals surface area contributed by atoms with Gasteiger partial charge < -0.3 is 19.7 Å². The van der Waals surface area contributed by atoms with Gasteiger partial charge in [-0.1, -0.05) is 54.1 Å². The number of ether oxygens (including phenoxy) is 2. The molecule has 1 aliphatic heterocycles. The zero-order valence-corrected chi connectivity index (χ0v) is 20.2. The van der Waals surface area contributed by atoms with Crippen LogP contribution < -0.4 is 24.4 Å². The molecule has 182 valence electrons. The van der Waals surface area contributed by atoms with Crippen molar-refractivity contribution in [2.45, 2.75) is 17.4 Å². The molecule has 0 radical (unpaired) electrons. The third-order valence-corrected chi connectivity index (χ3v) is 7.14. The Morgan fingerprint density at radius 3 is 2.43 bits per heavy atom. The molecule has 0 unspecified atom stereocenters. The number of anilines is 1. The number of nitrogens with one attached hydrogen (secondary N) is 2. The molecule has 0 aliphatic carbocycles. The molecule has 2 N–H and O–H groups in total.